The Labute approximate surface area is 141 Å². The summed E-state index contributed by atoms with van der Waals surface area (Å²) in [6, 6.07) is 1.93. The molecule has 2 aromatic rings. The molecule has 4 rings (SSSR count). The highest BCUT2D eigenvalue weighted by atomic mass is 32.2. The van der Waals surface area contributed by atoms with Gasteiger partial charge in [0.05, 0.1) is 17.0 Å². The summed E-state index contributed by atoms with van der Waals surface area (Å²) < 4.78 is 26.0. The molecule has 0 aromatic carbocycles. The van der Waals surface area contributed by atoms with Crippen LogP contribution in [0, 0.1) is 12.8 Å². The van der Waals surface area contributed by atoms with Crippen LogP contribution >= 0.6 is 0 Å². The van der Waals surface area contributed by atoms with Gasteiger partial charge < -0.3 is 4.90 Å². The number of fused-ring (bicyclic) bond motifs is 1. The highest BCUT2D eigenvalue weighted by Crippen LogP contribution is 2.33. The summed E-state index contributed by atoms with van der Waals surface area (Å²) in [5.74, 6) is 1.99. The van der Waals surface area contributed by atoms with E-state index in [1.165, 1.54) is 0 Å². The SMILES string of the molecule is Cc1nc(N2CC(CN(C)S(=O)(=O)C3CC3)C2)c2ccncc2n1. The fraction of sp³-hybridized carbons (Fsp3) is 0.562. The topological polar surface area (TPSA) is 79.3 Å². The van der Waals surface area contributed by atoms with E-state index in [2.05, 4.69) is 19.9 Å². The van der Waals surface area contributed by atoms with E-state index in [0.29, 0.717) is 12.5 Å². The smallest absolute Gasteiger partial charge is 0.216 e. The Balaban J connectivity index is 1.46. The Hall–Kier alpha value is -1.80. The zero-order valence-corrected chi connectivity index (χ0v) is 14.7. The zero-order valence-electron chi connectivity index (χ0n) is 13.9. The summed E-state index contributed by atoms with van der Waals surface area (Å²) in [5, 5.41) is 0.854. The molecule has 1 saturated heterocycles. The average molecular weight is 347 g/mol. The summed E-state index contributed by atoms with van der Waals surface area (Å²) >= 11 is 0. The van der Waals surface area contributed by atoms with E-state index < -0.39 is 10.0 Å². The molecule has 2 aromatic heterocycles. The van der Waals surface area contributed by atoms with Crippen LogP contribution in [0.3, 0.4) is 0 Å². The second kappa shape index (κ2) is 5.63. The number of sulfonamides is 1. The van der Waals surface area contributed by atoms with Gasteiger partial charge in [-0.05, 0) is 25.8 Å². The summed E-state index contributed by atoms with van der Waals surface area (Å²) in [7, 11) is -1.38. The summed E-state index contributed by atoms with van der Waals surface area (Å²) in [6.07, 6.45) is 5.12. The highest BCUT2D eigenvalue weighted by Gasteiger charge is 2.40. The molecular weight excluding hydrogens is 326 g/mol. The van der Waals surface area contributed by atoms with E-state index in [1.54, 1.807) is 23.7 Å². The maximum atomic E-state index is 12.2. The van der Waals surface area contributed by atoms with Gasteiger partial charge in [0.15, 0.2) is 0 Å². The molecule has 0 bridgehead atoms. The van der Waals surface area contributed by atoms with Crippen molar-refractivity contribution in [1.82, 2.24) is 19.3 Å². The van der Waals surface area contributed by atoms with Gasteiger partial charge in [0.2, 0.25) is 10.0 Å². The lowest BCUT2D eigenvalue weighted by atomic mass is 10.00. The Kier molecular flexibility index (Phi) is 3.69. The fourth-order valence-electron chi connectivity index (χ4n) is 3.26. The van der Waals surface area contributed by atoms with Crippen LogP contribution < -0.4 is 4.90 Å². The monoisotopic (exact) mass is 347 g/mol. The normalized spacial score (nSPS) is 19.0. The third-order valence-corrected chi connectivity index (χ3v) is 7.07. The van der Waals surface area contributed by atoms with Crippen LogP contribution in [0.25, 0.3) is 10.9 Å². The molecular formula is C16H21N5O2S. The molecule has 0 N–H and O–H groups in total. The van der Waals surface area contributed by atoms with E-state index in [0.717, 1.165) is 48.5 Å². The molecule has 0 atom stereocenters. The van der Waals surface area contributed by atoms with Gasteiger partial charge >= 0.3 is 0 Å². The second-order valence-corrected chi connectivity index (χ2v) is 9.10. The van der Waals surface area contributed by atoms with Crippen molar-refractivity contribution >= 4 is 26.7 Å². The van der Waals surface area contributed by atoms with Crippen LogP contribution in [0.5, 0.6) is 0 Å². The molecule has 3 heterocycles. The first-order valence-electron chi connectivity index (χ1n) is 8.23. The largest absolute Gasteiger partial charge is 0.355 e. The number of aryl methyl sites for hydroxylation is 1. The predicted octanol–water partition coefficient (Wildman–Crippen LogP) is 1.19. The van der Waals surface area contributed by atoms with Crippen LogP contribution in [0.1, 0.15) is 18.7 Å². The lowest BCUT2D eigenvalue weighted by molar-refractivity contribution is 0.326. The van der Waals surface area contributed by atoms with Crippen molar-refractivity contribution in [3.63, 3.8) is 0 Å². The maximum absolute atomic E-state index is 12.2. The van der Waals surface area contributed by atoms with Crippen molar-refractivity contribution < 1.29 is 8.42 Å². The first-order valence-corrected chi connectivity index (χ1v) is 9.74. The van der Waals surface area contributed by atoms with Gasteiger partial charge in [-0.2, -0.15) is 0 Å². The van der Waals surface area contributed by atoms with Gasteiger partial charge in [0.1, 0.15) is 11.6 Å². The van der Waals surface area contributed by atoms with E-state index in [1.807, 2.05) is 13.0 Å². The van der Waals surface area contributed by atoms with Gasteiger partial charge in [0.25, 0.3) is 0 Å². The summed E-state index contributed by atoms with van der Waals surface area (Å²) in [5.41, 5.74) is 0.844. The molecule has 0 radical (unpaired) electrons. The number of pyridine rings is 1. The summed E-state index contributed by atoms with van der Waals surface area (Å²) in [6.45, 7) is 4.10. The number of rotatable bonds is 5. The molecule has 24 heavy (non-hydrogen) atoms. The minimum atomic E-state index is -3.08. The first kappa shape index (κ1) is 15.7. The quantitative estimate of drug-likeness (QED) is 0.808. The number of hydrogen-bond acceptors (Lipinski definition) is 6. The third-order valence-electron chi connectivity index (χ3n) is 4.74. The van der Waals surface area contributed by atoms with E-state index in [-0.39, 0.29) is 5.25 Å². The van der Waals surface area contributed by atoms with Gasteiger partial charge in [-0.3, -0.25) is 4.98 Å². The lowest BCUT2D eigenvalue weighted by Crippen LogP contribution is -2.52. The molecule has 8 heteroatoms. The average Bonchev–Trinajstić information content (AvgIpc) is 3.34. The molecule has 0 unspecified atom stereocenters. The van der Waals surface area contributed by atoms with Gasteiger partial charge in [0, 0.05) is 44.2 Å². The predicted molar refractivity (Wildman–Crippen MR) is 92.3 cm³/mol. The molecule has 0 spiro atoms. The van der Waals surface area contributed by atoms with Crippen molar-refractivity contribution in [3.8, 4) is 0 Å². The van der Waals surface area contributed by atoms with E-state index >= 15 is 0 Å². The van der Waals surface area contributed by atoms with Crippen molar-refractivity contribution in [2.75, 3.05) is 31.6 Å². The lowest BCUT2D eigenvalue weighted by Gasteiger charge is -2.42. The molecule has 1 saturated carbocycles. The van der Waals surface area contributed by atoms with Crippen LogP contribution in [0.2, 0.25) is 0 Å². The Bertz CT molecular complexity index is 875. The molecule has 0 amide bonds. The van der Waals surface area contributed by atoms with E-state index in [9.17, 15) is 8.42 Å². The van der Waals surface area contributed by atoms with Crippen LogP contribution in [-0.2, 0) is 10.0 Å². The molecule has 128 valence electrons. The molecule has 7 nitrogen and oxygen atoms in total. The van der Waals surface area contributed by atoms with Crippen molar-refractivity contribution in [1.29, 1.82) is 0 Å². The molecule has 2 fully saturated rings. The fourth-order valence-corrected chi connectivity index (χ4v) is 4.92. The second-order valence-electron chi connectivity index (χ2n) is 6.78. The zero-order chi connectivity index (χ0) is 16.9. The Morgan fingerprint density at radius 3 is 2.75 bits per heavy atom. The van der Waals surface area contributed by atoms with Crippen molar-refractivity contribution in [3.05, 3.63) is 24.3 Å². The Morgan fingerprint density at radius 2 is 2.04 bits per heavy atom. The molecule has 1 aliphatic heterocycles. The van der Waals surface area contributed by atoms with Crippen LogP contribution in [0.4, 0.5) is 5.82 Å². The molecule has 1 aliphatic carbocycles. The number of anilines is 1. The molecule has 2 aliphatic rings. The van der Waals surface area contributed by atoms with Gasteiger partial charge in [-0.15, -0.1) is 0 Å². The Morgan fingerprint density at radius 1 is 1.29 bits per heavy atom. The number of aromatic nitrogens is 3. The first-order chi connectivity index (χ1) is 11.4. The number of hydrogen-bond donors (Lipinski definition) is 0. The number of nitrogens with zero attached hydrogens (tertiary/aromatic N) is 5. The van der Waals surface area contributed by atoms with Crippen LogP contribution in [-0.4, -0.2) is 59.6 Å². The highest BCUT2D eigenvalue weighted by molar-refractivity contribution is 7.90. The van der Waals surface area contributed by atoms with Crippen LogP contribution in [0.15, 0.2) is 18.5 Å². The minimum absolute atomic E-state index is 0.139. The van der Waals surface area contributed by atoms with Gasteiger partial charge in [-0.1, -0.05) is 0 Å². The maximum Gasteiger partial charge on any atom is 0.216 e. The van der Waals surface area contributed by atoms with Crippen molar-refractivity contribution in [2.24, 2.45) is 5.92 Å². The van der Waals surface area contributed by atoms with E-state index in [4.69, 9.17) is 0 Å². The third kappa shape index (κ3) is 2.73. The summed E-state index contributed by atoms with van der Waals surface area (Å²) in [4.78, 5) is 15.3. The standard InChI is InChI=1S/C16H21N5O2S/c1-11-18-15-7-17-6-5-14(15)16(19-11)21-9-12(10-21)8-20(2)24(22,23)13-3-4-13/h5-7,12-13H,3-4,8-10H2,1-2H3. The minimum Gasteiger partial charge on any atom is -0.355 e. The van der Waals surface area contributed by atoms with Gasteiger partial charge in [-0.25, -0.2) is 22.7 Å². The van der Waals surface area contributed by atoms with Crippen molar-refractivity contribution in [2.45, 2.75) is 25.0 Å².